The minimum absolute atomic E-state index is 0.0745. The van der Waals surface area contributed by atoms with Crippen LogP contribution in [0.25, 0.3) is 0 Å². The molecule has 1 atom stereocenters. The van der Waals surface area contributed by atoms with Gasteiger partial charge in [-0.25, -0.2) is 0 Å². The summed E-state index contributed by atoms with van der Waals surface area (Å²) >= 11 is 0. The lowest BCUT2D eigenvalue weighted by atomic mass is 10.0. The molecule has 5 heteroatoms. The first-order valence-electron chi connectivity index (χ1n) is 12.1. The summed E-state index contributed by atoms with van der Waals surface area (Å²) < 4.78 is 5.28. The van der Waals surface area contributed by atoms with Gasteiger partial charge in [0.2, 0.25) is 0 Å². The molecule has 2 aromatic rings. The Hall–Kier alpha value is -2.69. The molecule has 1 N–H and O–H groups in total. The summed E-state index contributed by atoms with van der Waals surface area (Å²) in [5.74, 6) is -0.269. The number of aryl methyl sites for hydroxylation is 1. The number of rotatable bonds is 14. The zero-order valence-electron chi connectivity index (χ0n) is 19.8. The molecule has 0 aromatic heterocycles. The molecule has 0 amide bonds. The number of hydrogen-bond donors (Lipinski definition) is 1. The topological polar surface area (TPSA) is 71.2 Å². The van der Waals surface area contributed by atoms with Gasteiger partial charge in [-0.2, -0.15) is 5.11 Å². The summed E-state index contributed by atoms with van der Waals surface area (Å²) in [5.41, 5.74) is 2.37. The number of unbranched alkanes of at least 4 members (excludes halogenated alkanes) is 7. The molecule has 0 saturated carbocycles. The van der Waals surface area contributed by atoms with Gasteiger partial charge in [-0.15, -0.1) is 5.11 Å². The number of benzene rings is 2. The normalized spacial score (nSPS) is 12.2. The van der Waals surface area contributed by atoms with Crippen molar-refractivity contribution in [1.29, 1.82) is 0 Å². The van der Waals surface area contributed by atoms with E-state index in [0.717, 1.165) is 12.1 Å². The third kappa shape index (κ3) is 9.21. The number of esters is 1. The van der Waals surface area contributed by atoms with E-state index in [0.29, 0.717) is 17.9 Å². The highest BCUT2D eigenvalue weighted by Crippen LogP contribution is 2.32. The highest BCUT2D eigenvalue weighted by Gasteiger charge is 2.14. The van der Waals surface area contributed by atoms with Crippen LogP contribution in [0.3, 0.4) is 0 Å². The van der Waals surface area contributed by atoms with E-state index in [9.17, 15) is 9.90 Å². The highest BCUT2D eigenvalue weighted by molar-refractivity contribution is 5.75. The van der Waals surface area contributed by atoms with Crippen molar-refractivity contribution in [2.45, 2.75) is 85.0 Å². The van der Waals surface area contributed by atoms with Gasteiger partial charge in [-0.05, 0) is 49.1 Å². The molecule has 1 unspecified atom stereocenters. The molecule has 0 radical (unpaired) electrons. The lowest BCUT2D eigenvalue weighted by Crippen LogP contribution is -2.16. The maximum absolute atomic E-state index is 11.9. The minimum Gasteiger partial charge on any atom is -0.505 e. The SMILES string of the molecule is CCCCCCCCCCc1ccc(N=Nc2ccc(OC(=O)C(C)CC)cc2O)cc1. The van der Waals surface area contributed by atoms with E-state index in [1.54, 1.807) is 12.1 Å². The van der Waals surface area contributed by atoms with Crippen LogP contribution in [0.5, 0.6) is 11.5 Å². The van der Waals surface area contributed by atoms with Crippen molar-refractivity contribution in [3.8, 4) is 11.5 Å². The van der Waals surface area contributed by atoms with Gasteiger partial charge in [0.05, 0.1) is 11.6 Å². The van der Waals surface area contributed by atoms with Crippen molar-refractivity contribution in [3.63, 3.8) is 0 Å². The third-order valence-corrected chi connectivity index (χ3v) is 5.71. The van der Waals surface area contributed by atoms with Crippen LogP contribution in [0.15, 0.2) is 52.7 Å². The molecule has 2 rings (SSSR count). The maximum atomic E-state index is 11.9. The molecule has 0 saturated heterocycles. The predicted molar refractivity (Wildman–Crippen MR) is 130 cm³/mol. The Labute approximate surface area is 192 Å². The van der Waals surface area contributed by atoms with Crippen molar-refractivity contribution in [2.75, 3.05) is 0 Å². The van der Waals surface area contributed by atoms with E-state index in [1.165, 1.54) is 63.0 Å². The summed E-state index contributed by atoms with van der Waals surface area (Å²) in [6.45, 7) is 5.99. The van der Waals surface area contributed by atoms with Gasteiger partial charge in [0.15, 0.2) is 0 Å². The van der Waals surface area contributed by atoms with Crippen molar-refractivity contribution in [1.82, 2.24) is 0 Å². The molecule has 0 aliphatic heterocycles. The number of hydrogen-bond acceptors (Lipinski definition) is 5. The van der Waals surface area contributed by atoms with Crippen LogP contribution < -0.4 is 4.74 Å². The molecule has 0 fully saturated rings. The van der Waals surface area contributed by atoms with Crippen LogP contribution in [0.4, 0.5) is 11.4 Å². The predicted octanol–water partition coefficient (Wildman–Crippen LogP) is 8.44. The van der Waals surface area contributed by atoms with Gasteiger partial charge in [0.25, 0.3) is 0 Å². The minimum atomic E-state index is -0.312. The third-order valence-electron chi connectivity index (χ3n) is 5.71. The van der Waals surface area contributed by atoms with Crippen molar-refractivity contribution in [3.05, 3.63) is 48.0 Å². The standard InChI is InChI=1S/C27H38N2O3/c1-4-6-7-8-9-10-11-12-13-22-14-16-23(17-15-22)28-29-25-19-18-24(20-26(25)30)32-27(31)21(3)5-2/h14-21,30H,4-13H2,1-3H3. The zero-order valence-corrected chi connectivity index (χ0v) is 19.8. The first-order valence-corrected chi connectivity index (χ1v) is 12.1. The number of carbonyl (C=O) groups excluding carboxylic acids is 1. The average molecular weight is 439 g/mol. The van der Waals surface area contributed by atoms with Crippen molar-refractivity contribution < 1.29 is 14.6 Å². The quantitative estimate of drug-likeness (QED) is 0.139. The lowest BCUT2D eigenvalue weighted by Gasteiger charge is -2.09. The Morgan fingerprint density at radius 3 is 2.19 bits per heavy atom. The average Bonchev–Trinajstić information content (AvgIpc) is 2.80. The Balaban J connectivity index is 1.79. The Morgan fingerprint density at radius 2 is 1.56 bits per heavy atom. The number of ether oxygens (including phenoxy) is 1. The zero-order chi connectivity index (χ0) is 23.2. The molecule has 2 aromatic carbocycles. The summed E-state index contributed by atoms with van der Waals surface area (Å²) in [4.78, 5) is 11.9. The molecule has 0 spiro atoms. The van der Waals surface area contributed by atoms with Crippen LogP contribution in [0.2, 0.25) is 0 Å². The van der Waals surface area contributed by atoms with Gasteiger partial charge in [0, 0.05) is 6.07 Å². The molecule has 0 heterocycles. The second kappa shape index (κ2) is 14.4. The van der Waals surface area contributed by atoms with Crippen molar-refractivity contribution in [2.24, 2.45) is 16.1 Å². The number of carbonyl (C=O) groups is 1. The van der Waals surface area contributed by atoms with E-state index in [-0.39, 0.29) is 17.6 Å². The summed E-state index contributed by atoms with van der Waals surface area (Å²) in [6, 6.07) is 12.7. The van der Waals surface area contributed by atoms with E-state index in [2.05, 4.69) is 29.3 Å². The molecule has 0 bridgehead atoms. The van der Waals surface area contributed by atoms with Gasteiger partial charge in [-0.3, -0.25) is 4.79 Å². The van der Waals surface area contributed by atoms with E-state index >= 15 is 0 Å². The Morgan fingerprint density at radius 1 is 0.906 bits per heavy atom. The molecular weight excluding hydrogens is 400 g/mol. The Kier molecular flexibility index (Phi) is 11.5. The number of phenols is 1. The number of aromatic hydroxyl groups is 1. The monoisotopic (exact) mass is 438 g/mol. The van der Waals surface area contributed by atoms with Crippen LogP contribution in [0, 0.1) is 5.92 Å². The second-order valence-electron chi connectivity index (χ2n) is 8.47. The van der Waals surface area contributed by atoms with E-state index in [1.807, 2.05) is 26.0 Å². The van der Waals surface area contributed by atoms with Gasteiger partial charge < -0.3 is 9.84 Å². The molecule has 0 aliphatic carbocycles. The number of azo groups is 1. The molecular formula is C27H38N2O3. The van der Waals surface area contributed by atoms with Gasteiger partial charge in [-0.1, -0.05) is 77.8 Å². The Bertz CT molecular complexity index is 846. The molecule has 0 aliphatic rings. The summed E-state index contributed by atoms with van der Waals surface area (Å²) in [7, 11) is 0. The fourth-order valence-corrected chi connectivity index (χ4v) is 3.34. The molecule has 32 heavy (non-hydrogen) atoms. The number of nitrogens with zero attached hydrogens (tertiary/aromatic N) is 2. The van der Waals surface area contributed by atoms with Crippen LogP contribution in [0.1, 0.15) is 84.1 Å². The van der Waals surface area contributed by atoms with E-state index < -0.39 is 0 Å². The van der Waals surface area contributed by atoms with Gasteiger partial charge >= 0.3 is 5.97 Å². The smallest absolute Gasteiger partial charge is 0.314 e. The summed E-state index contributed by atoms with van der Waals surface area (Å²) in [6.07, 6.45) is 12.4. The number of phenolic OH excluding ortho intramolecular Hbond substituents is 1. The maximum Gasteiger partial charge on any atom is 0.314 e. The summed E-state index contributed by atoms with van der Waals surface area (Å²) in [5, 5.41) is 18.5. The fraction of sp³-hybridized carbons (Fsp3) is 0.519. The van der Waals surface area contributed by atoms with Crippen LogP contribution in [-0.2, 0) is 11.2 Å². The molecule has 174 valence electrons. The lowest BCUT2D eigenvalue weighted by molar-refractivity contribution is -0.138. The molecule has 5 nitrogen and oxygen atoms in total. The van der Waals surface area contributed by atoms with Gasteiger partial charge in [0.1, 0.15) is 17.2 Å². The van der Waals surface area contributed by atoms with Crippen LogP contribution in [-0.4, -0.2) is 11.1 Å². The largest absolute Gasteiger partial charge is 0.505 e. The van der Waals surface area contributed by atoms with Crippen molar-refractivity contribution >= 4 is 17.3 Å². The van der Waals surface area contributed by atoms with Crippen LogP contribution >= 0.6 is 0 Å². The highest BCUT2D eigenvalue weighted by atomic mass is 16.5. The van der Waals surface area contributed by atoms with E-state index in [4.69, 9.17) is 4.74 Å². The first kappa shape index (κ1) is 25.6. The first-order chi connectivity index (χ1) is 15.5. The fourth-order valence-electron chi connectivity index (χ4n) is 3.34. The second-order valence-corrected chi connectivity index (χ2v) is 8.47.